The molecule has 4 rings (SSSR count). The van der Waals surface area contributed by atoms with Crippen LogP contribution in [0.2, 0.25) is 0 Å². The van der Waals surface area contributed by atoms with Crippen LogP contribution in [0.5, 0.6) is 5.75 Å². The van der Waals surface area contributed by atoms with Crippen LogP contribution in [-0.4, -0.2) is 72.6 Å². The fourth-order valence-electron chi connectivity index (χ4n) is 4.20. The largest absolute Gasteiger partial charge is 0.491 e. The second-order valence-corrected chi connectivity index (χ2v) is 8.05. The molecule has 2 aliphatic heterocycles. The Balaban J connectivity index is 1.30. The Hall–Kier alpha value is -3.00. The lowest BCUT2D eigenvalue weighted by Crippen LogP contribution is -2.41. The maximum absolute atomic E-state index is 13.6. The van der Waals surface area contributed by atoms with Crippen LogP contribution in [0.1, 0.15) is 41.2 Å². The lowest BCUT2D eigenvalue weighted by atomic mass is 9.98. The molecule has 2 aliphatic rings. The molecule has 0 spiro atoms. The summed E-state index contributed by atoms with van der Waals surface area (Å²) >= 11 is 0. The van der Waals surface area contributed by atoms with Crippen molar-refractivity contribution in [2.45, 2.75) is 25.2 Å². The average molecular weight is 442 g/mol. The van der Waals surface area contributed by atoms with Gasteiger partial charge in [0.2, 0.25) is 5.91 Å². The summed E-state index contributed by atoms with van der Waals surface area (Å²) in [5.74, 6) is -0.143. The predicted molar refractivity (Wildman–Crippen MR) is 116 cm³/mol. The lowest BCUT2D eigenvalue weighted by Gasteiger charge is -2.28. The third kappa shape index (κ3) is 5.24. The third-order valence-electron chi connectivity index (χ3n) is 5.92. The summed E-state index contributed by atoms with van der Waals surface area (Å²) in [4.78, 5) is 33.8. The van der Waals surface area contributed by atoms with E-state index in [1.807, 2.05) is 11.0 Å². The van der Waals surface area contributed by atoms with E-state index in [0.717, 1.165) is 12.1 Å². The maximum Gasteiger partial charge on any atom is 0.255 e. The van der Waals surface area contributed by atoms with Crippen LogP contribution in [0.3, 0.4) is 0 Å². The minimum atomic E-state index is -0.404. The van der Waals surface area contributed by atoms with E-state index in [0.29, 0.717) is 57.8 Å². The average Bonchev–Trinajstić information content (AvgIpc) is 3.33. The van der Waals surface area contributed by atoms with Crippen molar-refractivity contribution in [2.24, 2.45) is 0 Å². The van der Waals surface area contributed by atoms with E-state index in [2.05, 4.69) is 4.98 Å². The quantitative estimate of drug-likeness (QED) is 0.618. The highest BCUT2D eigenvalue weighted by atomic mass is 19.1. The number of morpholine rings is 1. The van der Waals surface area contributed by atoms with Gasteiger partial charge in [-0.3, -0.25) is 14.6 Å². The molecule has 2 saturated heterocycles. The Morgan fingerprint density at radius 3 is 2.72 bits per heavy atom. The van der Waals surface area contributed by atoms with Crippen molar-refractivity contribution in [1.82, 2.24) is 14.8 Å². The third-order valence-corrected chi connectivity index (χ3v) is 5.92. The van der Waals surface area contributed by atoms with Crippen LogP contribution in [0.4, 0.5) is 4.39 Å². The van der Waals surface area contributed by atoms with Crippen LogP contribution < -0.4 is 4.74 Å². The summed E-state index contributed by atoms with van der Waals surface area (Å²) in [6.45, 7) is 3.73. The van der Waals surface area contributed by atoms with Crippen molar-refractivity contribution in [1.29, 1.82) is 0 Å². The first kappa shape index (κ1) is 22.2. The number of carbonyl (C=O) groups excluding carboxylic acids is 2. The van der Waals surface area contributed by atoms with Crippen molar-refractivity contribution >= 4 is 11.8 Å². The zero-order valence-corrected chi connectivity index (χ0v) is 18.0. The zero-order chi connectivity index (χ0) is 22.3. The molecular formula is C24H28FN3O4. The first-order chi connectivity index (χ1) is 15.6. The number of likely N-dealkylation sites (tertiary alicyclic amines) is 1. The molecule has 3 heterocycles. The molecule has 0 unspecified atom stereocenters. The summed E-state index contributed by atoms with van der Waals surface area (Å²) in [6, 6.07) is 9.85. The monoisotopic (exact) mass is 441 g/mol. The van der Waals surface area contributed by atoms with E-state index in [-0.39, 0.29) is 30.1 Å². The second-order valence-electron chi connectivity index (χ2n) is 8.05. The fourth-order valence-corrected chi connectivity index (χ4v) is 4.20. The predicted octanol–water partition coefficient (Wildman–Crippen LogP) is 2.87. The molecule has 0 N–H and O–H groups in total. The van der Waals surface area contributed by atoms with Gasteiger partial charge >= 0.3 is 0 Å². The van der Waals surface area contributed by atoms with E-state index >= 15 is 0 Å². The summed E-state index contributed by atoms with van der Waals surface area (Å²) in [6.07, 6.45) is 3.33. The number of halogens is 1. The van der Waals surface area contributed by atoms with E-state index in [1.165, 1.54) is 6.07 Å². The van der Waals surface area contributed by atoms with Gasteiger partial charge in [-0.1, -0.05) is 12.1 Å². The Morgan fingerprint density at radius 1 is 1.09 bits per heavy atom. The molecule has 7 nitrogen and oxygen atoms in total. The molecule has 8 heteroatoms. The molecule has 2 amide bonds. The lowest BCUT2D eigenvalue weighted by molar-refractivity contribution is -0.130. The Bertz CT molecular complexity index is 948. The number of benzene rings is 1. The summed E-state index contributed by atoms with van der Waals surface area (Å²) in [5.41, 5.74) is 1.38. The van der Waals surface area contributed by atoms with Gasteiger partial charge in [0.1, 0.15) is 0 Å². The van der Waals surface area contributed by atoms with Crippen LogP contribution in [0.15, 0.2) is 42.6 Å². The normalized spacial score (nSPS) is 18.6. The number of ether oxygens (including phenoxy) is 2. The molecule has 0 bridgehead atoms. The van der Waals surface area contributed by atoms with Gasteiger partial charge in [-0.25, -0.2) is 4.39 Å². The van der Waals surface area contributed by atoms with Crippen molar-refractivity contribution in [2.75, 3.05) is 46.0 Å². The standard InChI is InChI=1S/C24H28FN3O4/c25-20-6-1-2-7-21(20)32-14-4-8-22(29)28-11-9-18(17-28)23-19(5-3-10-26-23)24(30)27-12-15-31-16-13-27/h1-3,5-7,10,18H,4,8-9,11-17H2/t18-/m1/s1. The van der Waals surface area contributed by atoms with Crippen molar-refractivity contribution in [3.8, 4) is 5.75 Å². The highest BCUT2D eigenvalue weighted by Crippen LogP contribution is 2.29. The Kier molecular flexibility index (Phi) is 7.32. The molecule has 2 aromatic rings. The van der Waals surface area contributed by atoms with E-state index in [9.17, 15) is 14.0 Å². The number of amides is 2. The molecular weight excluding hydrogens is 413 g/mol. The van der Waals surface area contributed by atoms with Gasteiger partial charge in [0.25, 0.3) is 5.91 Å². The van der Waals surface area contributed by atoms with Crippen molar-refractivity contribution in [3.05, 3.63) is 59.7 Å². The number of rotatable bonds is 7. The van der Waals surface area contributed by atoms with Gasteiger partial charge in [0.15, 0.2) is 11.6 Å². The number of hydrogen-bond donors (Lipinski definition) is 0. The van der Waals surface area contributed by atoms with Crippen LogP contribution in [-0.2, 0) is 9.53 Å². The van der Waals surface area contributed by atoms with Gasteiger partial charge in [0, 0.05) is 44.7 Å². The van der Waals surface area contributed by atoms with Gasteiger partial charge in [0.05, 0.1) is 31.1 Å². The number of para-hydroxylation sites is 1. The molecule has 1 aromatic heterocycles. The number of aromatic nitrogens is 1. The maximum atomic E-state index is 13.6. The first-order valence-corrected chi connectivity index (χ1v) is 11.1. The highest BCUT2D eigenvalue weighted by molar-refractivity contribution is 5.95. The van der Waals surface area contributed by atoms with Crippen molar-refractivity contribution in [3.63, 3.8) is 0 Å². The van der Waals surface area contributed by atoms with Gasteiger partial charge in [-0.15, -0.1) is 0 Å². The smallest absolute Gasteiger partial charge is 0.255 e. The minimum Gasteiger partial charge on any atom is -0.491 e. The summed E-state index contributed by atoms with van der Waals surface area (Å²) in [5, 5.41) is 0. The minimum absolute atomic E-state index is 0.0218. The number of pyridine rings is 1. The molecule has 0 radical (unpaired) electrons. The number of hydrogen-bond acceptors (Lipinski definition) is 5. The zero-order valence-electron chi connectivity index (χ0n) is 18.0. The molecule has 0 aliphatic carbocycles. The highest BCUT2D eigenvalue weighted by Gasteiger charge is 2.31. The Labute approximate surface area is 187 Å². The first-order valence-electron chi connectivity index (χ1n) is 11.1. The van der Waals surface area contributed by atoms with Crippen LogP contribution in [0, 0.1) is 5.82 Å². The SMILES string of the molecule is O=C(CCCOc1ccccc1F)N1CC[C@@H](c2ncccc2C(=O)N2CCOCC2)C1. The molecule has 1 aromatic carbocycles. The van der Waals surface area contributed by atoms with Gasteiger partial charge in [-0.2, -0.15) is 0 Å². The summed E-state index contributed by atoms with van der Waals surface area (Å²) < 4.78 is 24.4. The van der Waals surface area contributed by atoms with Crippen molar-refractivity contribution < 1.29 is 23.5 Å². The second kappa shape index (κ2) is 10.5. The van der Waals surface area contributed by atoms with E-state index in [4.69, 9.17) is 9.47 Å². The summed E-state index contributed by atoms with van der Waals surface area (Å²) in [7, 11) is 0. The van der Waals surface area contributed by atoms with E-state index in [1.54, 1.807) is 35.4 Å². The molecule has 2 fully saturated rings. The van der Waals surface area contributed by atoms with Crippen LogP contribution >= 0.6 is 0 Å². The van der Waals surface area contributed by atoms with Gasteiger partial charge in [-0.05, 0) is 37.1 Å². The number of carbonyl (C=O) groups is 2. The molecule has 32 heavy (non-hydrogen) atoms. The molecule has 170 valence electrons. The van der Waals surface area contributed by atoms with Crippen LogP contribution in [0.25, 0.3) is 0 Å². The fraction of sp³-hybridized carbons (Fsp3) is 0.458. The van der Waals surface area contributed by atoms with E-state index < -0.39 is 5.82 Å². The van der Waals surface area contributed by atoms with Gasteiger partial charge < -0.3 is 19.3 Å². The topological polar surface area (TPSA) is 72.0 Å². The molecule has 1 atom stereocenters. The molecule has 0 saturated carbocycles. The Morgan fingerprint density at radius 2 is 1.91 bits per heavy atom. The number of nitrogens with zero attached hydrogens (tertiary/aromatic N) is 3.